The molecule has 0 aliphatic carbocycles. The van der Waals surface area contributed by atoms with Gasteiger partial charge in [-0.15, -0.1) is 0 Å². The minimum Gasteiger partial charge on any atom is -0.341 e. The van der Waals surface area contributed by atoms with Gasteiger partial charge in [-0.1, -0.05) is 48.5 Å². The summed E-state index contributed by atoms with van der Waals surface area (Å²) in [5.41, 5.74) is 1.03. The standard InChI is InChI=1S/C22H19F3N2O2/c1-13-8-9-16(12-14(13)2)19(15-6-4-3-5-7-15)27-21(29)17-10-11-18(22(23,24)25)26-20(17)28/h3-12,19H,1-2H3,(H,26,28)(H,27,29)/t19-/m0/s1. The number of hydrogen-bond acceptors (Lipinski definition) is 2. The SMILES string of the molecule is Cc1ccc([C@@H](NC(=O)c2ccc(C(F)(F)F)[nH]c2=O)c2ccccc2)cc1C. The third-order valence-electron chi connectivity index (χ3n) is 4.73. The van der Waals surface area contributed by atoms with E-state index in [1.807, 2.05) is 62.4 Å². The molecular formula is C22H19F3N2O2. The van der Waals surface area contributed by atoms with E-state index in [9.17, 15) is 22.8 Å². The number of nitrogens with one attached hydrogen (secondary N) is 2. The molecule has 3 rings (SSSR count). The number of amides is 1. The maximum atomic E-state index is 12.8. The number of rotatable bonds is 4. The van der Waals surface area contributed by atoms with Gasteiger partial charge in [0.2, 0.25) is 0 Å². The van der Waals surface area contributed by atoms with Gasteiger partial charge in [0.05, 0.1) is 6.04 Å². The van der Waals surface area contributed by atoms with E-state index in [4.69, 9.17) is 0 Å². The lowest BCUT2D eigenvalue weighted by Crippen LogP contribution is -2.34. The van der Waals surface area contributed by atoms with Crippen LogP contribution >= 0.6 is 0 Å². The summed E-state index contributed by atoms with van der Waals surface area (Å²) in [5.74, 6) is -0.757. The first-order valence-corrected chi connectivity index (χ1v) is 8.90. The number of benzene rings is 2. The minimum absolute atomic E-state index is 0.386. The summed E-state index contributed by atoms with van der Waals surface area (Å²) in [7, 11) is 0. The molecule has 0 saturated carbocycles. The molecule has 1 atom stereocenters. The van der Waals surface area contributed by atoms with Crippen LogP contribution in [-0.4, -0.2) is 10.9 Å². The Balaban J connectivity index is 1.97. The Morgan fingerprint density at radius 2 is 1.62 bits per heavy atom. The van der Waals surface area contributed by atoms with Crippen molar-refractivity contribution < 1.29 is 18.0 Å². The third-order valence-corrected chi connectivity index (χ3v) is 4.73. The lowest BCUT2D eigenvalue weighted by atomic mass is 9.95. The molecule has 0 bridgehead atoms. The number of carbonyl (C=O) groups is 1. The molecule has 0 saturated heterocycles. The average molecular weight is 400 g/mol. The maximum absolute atomic E-state index is 12.8. The van der Waals surface area contributed by atoms with Gasteiger partial charge in [-0.2, -0.15) is 13.2 Å². The van der Waals surface area contributed by atoms with E-state index in [1.54, 1.807) is 4.98 Å². The number of carbonyl (C=O) groups excluding carboxylic acids is 1. The highest BCUT2D eigenvalue weighted by Crippen LogP contribution is 2.27. The van der Waals surface area contributed by atoms with Gasteiger partial charge in [0.1, 0.15) is 11.3 Å². The molecule has 4 nitrogen and oxygen atoms in total. The largest absolute Gasteiger partial charge is 0.431 e. The van der Waals surface area contributed by atoms with E-state index < -0.39 is 29.4 Å². The van der Waals surface area contributed by atoms with Gasteiger partial charge in [-0.05, 0) is 48.2 Å². The van der Waals surface area contributed by atoms with Crippen molar-refractivity contribution >= 4 is 5.91 Å². The summed E-state index contributed by atoms with van der Waals surface area (Å²) in [5, 5.41) is 2.77. The van der Waals surface area contributed by atoms with Crippen LogP contribution in [0.15, 0.2) is 65.5 Å². The zero-order chi connectivity index (χ0) is 21.2. The van der Waals surface area contributed by atoms with E-state index in [0.717, 1.165) is 28.3 Å². The molecule has 1 aromatic heterocycles. The van der Waals surface area contributed by atoms with Crippen LogP contribution in [0.2, 0.25) is 0 Å². The van der Waals surface area contributed by atoms with E-state index in [1.165, 1.54) is 0 Å². The normalized spacial score (nSPS) is 12.4. The van der Waals surface area contributed by atoms with Gasteiger partial charge >= 0.3 is 6.18 Å². The molecule has 1 amide bonds. The topological polar surface area (TPSA) is 62.0 Å². The van der Waals surface area contributed by atoms with Crippen molar-refractivity contribution in [1.82, 2.24) is 10.3 Å². The van der Waals surface area contributed by atoms with Crippen LogP contribution in [-0.2, 0) is 6.18 Å². The first-order valence-electron chi connectivity index (χ1n) is 8.90. The second-order valence-corrected chi connectivity index (χ2v) is 6.77. The summed E-state index contributed by atoms with van der Waals surface area (Å²) < 4.78 is 38.3. The van der Waals surface area contributed by atoms with Gasteiger partial charge in [0.15, 0.2) is 0 Å². The van der Waals surface area contributed by atoms with Gasteiger partial charge in [0.25, 0.3) is 11.5 Å². The lowest BCUT2D eigenvalue weighted by molar-refractivity contribution is -0.141. The van der Waals surface area contributed by atoms with Gasteiger partial charge < -0.3 is 10.3 Å². The molecule has 0 radical (unpaired) electrons. The van der Waals surface area contributed by atoms with Crippen LogP contribution in [0.1, 0.15) is 44.3 Å². The second kappa shape index (κ2) is 7.95. The zero-order valence-corrected chi connectivity index (χ0v) is 15.8. The monoisotopic (exact) mass is 400 g/mol. The number of aryl methyl sites for hydroxylation is 2. The van der Waals surface area contributed by atoms with Crippen molar-refractivity contribution in [3.63, 3.8) is 0 Å². The van der Waals surface area contributed by atoms with Crippen LogP contribution < -0.4 is 10.9 Å². The molecule has 2 N–H and O–H groups in total. The Labute approximate surface area is 165 Å². The number of pyridine rings is 1. The Morgan fingerprint density at radius 1 is 0.931 bits per heavy atom. The van der Waals surface area contributed by atoms with Crippen LogP contribution in [0.5, 0.6) is 0 Å². The number of aromatic nitrogens is 1. The van der Waals surface area contributed by atoms with Crippen LogP contribution in [0, 0.1) is 13.8 Å². The molecule has 150 valence electrons. The minimum atomic E-state index is -4.69. The second-order valence-electron chi connectivity index (χ2n) is 6.77. The van der Waals surface area contributed by atoms with E-state index in [2.05, 4.69) is 5.32 Å². The van der Waals surface area contributed by atoms with Crippen LogP contribution in [0.25, 0.3) is 0 Å². The fourth-order valence-electron chi connectivity index (χ4n) is 2.98. The van der Waals surface area contributed by atoms with Gasteiger partial charge in [0, 0.05) is 0 Å². The molecule has 7 heteroatoms. The van der Waals surface area contributed by atoms with Crippen molar-refractivity contribution in [3.8, 4) is 0 Å². The van der Waals surface area contributed by atoms with Crippen LogP contribution in [0.4, 0.5) is 13.2 Å². The molecule has 2 aromatic carbocycles. The number of alkyl halides is 3. The summed E-state index contributed by atoms with van der Waals surface area (Å²) >= 11 is 0. The first kappa shape index (κ1) is 20.4. The molecule has 29 heavy (non-hydrogen) atoms. The molecule has 0 aliphatic heterocycles. The number of hydrogen-bond donors (Lipinski definition) is 2. The van der Waals surface area contributed by atoms with E-state index >= 15 is 0 Å². The van der Waals surface area contributed by atoms with Crippen LogP contribution in [0.3, 0.4) is 0 Å². The smallest absolute Gasteiger partial charge is 0.341 e. The molecular weight excluding hydrogens is 381 g/mol. The van der Waals surface area contributed by atoms with Crippen molar-refractivity contribution in [2.45, 2.75) is 26.1 Å². The molecule has 0 aliphatic rings. The Hall–Kier alpha value is -3.35. The fraction of sp³-hybridized carbons (Fsp3) is 0.182. The highest BCUT2D eigenvalue weighted by atomic mass is 19.4. The van der Waals surface area contributed by atoms with Gasteiger partial charge in [-0.3, -0.25) is 9.59 Å². The highest BCUT2D eigenvalue weighted by molar-refractivity contribution is 5.94. The summed E-state index contributed by atoms with van der Waals surface area (Å²) in [6, 6.07) is 15.9. The lowest BCUT2D eigenvalue weighted by Gasteiger charge is -2.21. The molecule has 0 spiro atoms. The van der Waals surface area contributed by atoms with Crippen molar-refractivity contribution in [2.75, 3.05) is 0 Å². The average Bonchev–Trinajstić information content (AvgIpc) is 2.68. The quantitative estimate of drug-likeness (QED) is 0.676. The molecule has 0 fully saturated rings. The number of halogens is 3. The zero-order valence-electron chi connectivity index (χ0n) is 15.8. The van der Waals surface area contributed by atoms with Crippen molar-refractivity contribution in [3.05, 3.63) is 105 Å². The molecule has 0 unspecified atom stereocenters. The summed E-state index contributed by atoms with van der Waals surface area (Å²) in [6.07, 6.45) is -4.69. The number of H-pyrrole nitrogens is 1. The maximum Gasteiger partial charge on any atom is 0.431 e. The first-order chi connectivity index (χ1) is 13.7. The highest BCUT2D eigenvalue weighted by Gasteiger charge is 2.32. The Morgan fingerprint density at radius 3 is 2.21 bits per heavy atom. The molecule has 1 heterocycles. The fourth-order valence-corrected chi connectivity index (χ4v) is 2.98. The predicted octanol–water partition coefficient (Wildman–Crippen LogP) is 4.53. The molecule has 3 aromatic rings. The van der Waals surface area contributed by atoms with E-state index in [-0.39, 0.29) is 5.56 Å². The summed E-state index contributed by atoms with van der Waals surface area (Å²) in [4.78, 5) is 26.5. The number of aromatic amines is 1. The Bertz CT molecular complexity index is 1090. The summed E-state index contributed by atoms with van der Waals surface area (Å²) in [6.45, 7) is 3.92. The van der Waals surface area contributed by atoms with E-state index in [0.29, 0.717) is 6.07 Å². The Kier molecular flexibility index (Phi) is 5.59. The van der Waals surface area contributed by atoms with Gasteiger partial charge in [-0.25, -0.2) is 0 Å². The van der Waals surface area contributed by atoms with Crippen molar-refractivity contribution in [2.24, 2.45) is 0 Å². The third kappa shape index (κ3) is 4.56. The van der Waals surface area contributed by atoms with Crippen molar-refractivity contribution in [1.29, 1.82) is 0 Å². The predicted molar refractivity (Wildman–Crippen MR) is 104 cm³/mol.